The van der Waals surface area contributed by atoms with E-state index in [2.05, 4.69) is 19.2 Å². The van der Waals surface area contributed by atoms with Gasteiger partial charge in [0.1, 0.15) is 6.61 Å². The highest BCUT2D eigenvalue weighted by Crippen LogP contribution is 2.43. The normalized spacial score (nSPS) is 24.7. The number of rotatable bonds is 6. The molecule has 0 heterocycles. The number of nitrogens with one attached hydrogen (secondary N) is 1. The first-order chi connectivity index (χ1) is 7.00. The van der Waals surface area contributed by atoms with Crippen LogP contribution in [-0.2, 0) is 9.53 Å². The maximum absolute atomic E-state index is 11.3. The van der Waals surface area contributed by atoms with E-state index in [4.69, 9.17) is 4.74 Å². The van der Waals surface area contributed by atoms with E-state index >= 15 is 0 Å². The van der Waals surface area contributed by atoms with Crippen LogP contribution in [-0.4, -0.2) is 25.2 Å². The Morgan fingerprint density at radius 2 is 2.07 bits per heavy atom. The Bertz CT molecular complexity index is 214. The Labute approximate surface area is 92.6 Å². The Hall–Kier alpha value is -0.570. The molecule has 3 heteroatoms. The van der Waals surface area contributed by atoms with Gasteiger partial charge in [0.2, 0.25) is 5.91 Å². The van der Waals surface area contributed by atoms with Crippen molar-refractivity contribution < 1.29 is 9.53 Å². The molecule has 88 valence electrons. The van der Waals surface area contributed by atoms with E-state index in [9.17, 15) is 4.79 Å². The van der Waals surface area contributed by atoms with Crippen LogP contribution in [0.1, 0.15) is 34.1 Å². The number of carbonyl (C=O) groups is 1. The van der Waals surface area contributed by atoms with Crippen LogP contribution in [0.5, 0.6) is 0 Å². The third-order valence-corrected chi connectivity index (χ3v) is 2.94. The fourth-order valence-electron chi connectivity index (χ4n) is 1.86. The van der Waals surface area contributed by atoms with Gasteiger partial charge in [0, 0.05) is 6.54 Å². The lowest BCUT2D eigenvalue weighted by atomic mass is 10.1. The largest absolute Gasteiger partial charge is 0.369 e. The number of hydrogen-bond donors (Lipinski definition) is 1. The third kappa shape index (κ3) is 4.65. The van der Waals surface area contributed by atoms with Gasteiger partial charge in [-0.2, -0.15) is 0 Å². The van der Waals surface area contributed by atoms with Gasteiger partial charge in [-0.15, -0.1) is 0 Å². The molecule has 1 aliphatic carbocycles. The van der Waals surface area contributed by atoms with Crippen molar-refractivity contribution in [2.45, 2.75) is 40.2 Å². The van der Waals surface area contributed by atoms with Crippen LogP contribution in [0.25, 0.3) is 0 Å². The summed E-state index contributed by atoms with van der Waals surface area (Å²) in [6, 6.07) is 0. The second-order valence-electron chi connectivity index (χ2n) is 5.07. The van der Waals surface area contributed by atoms with Crippen LogP contribution >= 0.6 is 0 Å². The molecule has 1 N–H and O–H groups in total. The Morgan fingerprint density at radius 1 is 1.40 bits per heavy atom. The second-order valence-corrected chi connectivity index (χ2v) is 5.07. The van der Waals surface area contributed by atoms with Crippen molar-refractivity contribution in [3.05, 3.63) is 0 Å². The third-order valence-electron chi connectivity index (χ3n) is 2.94. The van der Waals surface area contributed by atoms with Crippen LogP contribution < -0.4 is 5.32 Å². The molecule has 0 aliphatic heterocycles. The highest BCUT2D eigenvalue weighted by atomic mass is 16.5. The van der Waals surface area contributed by atoms with Gasteiger partial charge in [-0.05, 0) is 38.0 Å². The first-order valence-corrected chi connectivity index (χ1v) is 5.89. The van der Waals surface area contributed by atoms with Gasteiger partial charge in [0.25, 0.3) is 0 Å². The van der Waals surface area contributed by atoms with Gasteiger partial charge in [-0.1, -0.05) is 13.8 Å². The zero-order valence-electron chi connectivity index (χ0n) is 10.2. The van der Waals surface area contributed by atoms with Crippen LogP contribution in [0, 0.1) is 17.8 Å². The lowest BCUT2D eigenvalue weighted by Crippen LogP contribution is -2.30. The molecule has 0 radical (unpaired) electrons. The van der Waals surface area contributed by atoms with Crippen molar-refractivity contribution in [3.8, 4) is 0 Å². The zero-order chi connectivity index (χ0) is 11.4. The molecule has 0 bridgehead atoms. The highest BCUT2D eigenvalue weighted by Gasteiger charge is 2.38. The molecule has 2 unspecified atom stereocenters. The monoisotopic (exact) mass is 213 g/mol. The molecular weight excluding hydrogens is 190 g/mol. The molecule has 1 saturated carbocycles. The van der Waals surface area contributed by atoms with E-state index in [0.717, 1.165) is 18.4 Å². The summed E-state index contributed by atoms with van der Waals surface area (Å²) in [4.78, 5) is 11.3. The van der Waals surface area contributed by atoms with E-state index in [1.807, 2.05) is 13.8 Å². The topological polar surface area (TPSA) is 38.3 Å². The van der Waals surface area contributed by atoms with Crippen molar-refractivity contribution in [2.75, 3.05) is 13.2 Å². The van der Waals surface area contributed by atoms with Crippen molar-refractivity contribution in [2.24, 2.45) is 17.8 Å². The predicted octanol–water partition coefficient (Wildman–Crippen LogP) is 1.82. The molecule has 1 fully saturated rings. The molecule has 15 heavy (non-hydrogen) atoms. The minimum Gasteiger partial charge on any atom is -0.369 e. The van der Waals surface area contributed by atoms with Gasteiger partial charge >= 0.3 is 0 Å². The molecular formula is C12H23NO2. The van der Waals surface area contributed by atoms with E-state index in [1.54, 1.807) is 0 Å². The van der Waals surface area contributed by atoms with Crippen LogP contribution in [0.2, 0.25) is 0 Å². The highest BCUT2D eigenvalue weighted by molar-refractivity contribution is 5.77. The van der Waals surface area contributed by atoms with Gasteiger partial charge < -0.3 is 10.1 Å². The maximum Gasteiger partial charge on any atom is 0.246 e. The summed E-state index contributed by atoms with van der Waals surface area (Å²) in [6.07, 6.45) is 1.39. The van der Waals surface area contributed by atoms with Crippen molar-refractivity contribution in [3.63, 3.8) is 0 Å². The average molecular weight is 213 g/mol. The number of hydrogen-bond acceptors (Lipinski definition) is 2. The number of amides is 1. The molecule has 1 aliphatic rings. The summed E-state index contributed by atoms with van der Waals surface area (Å²) in [7, 11) is 0. The van der Waals surface area contributed by atoms with Crippen molar-refractivity contribution in [1.82, 2.24) is 5.32 Å². The van der Waals surface area contributed by atoms with Crippen molar-refractivity contribution in [1.29, 1.82) is 0 Å². The second kappa shape index (κ2) is 5.50. The number of carbonyl (C=O) groups excluding carboxylic acids is 1. The van der Waals surface area contributed by atoms with Crippen LogP contribution in [0.4, 0.5) is 0 Å². The Morgan fingerprint density at radius 3 is 2.53 bits per heavy atom. The summed E-state index contributed by atoms with van der Waals surface area (Å²) in [5.74, 6) is 2.28. The molecule has 0 aromatic heterocycles. The van der Waals surface area contributed by atoms with Gasteiger partial charge in [0.05, 0.1) is 6.10 Å². The quantitative estimate of drug-likeness (QED) is 0.731. The van der Waals surface area contributed by atoms with E-state index in [1.165, 1.54) is 6.42 Å². The minimum absolute atomic E-state index is 0.0121. The summed E-state index contributed by atoms with van der Waals surface area (Å²) in [5, 5.41) is 2.92. The Kier molecular flexibility index (Phi) is 4.58. The molecule has 1 amide bonds. The summed E-state index contributed by atoms with van der Waals surface area (Å²) < 4.78 is 5.22. The molecule has 0 spiro atoms. The lowest BCUT2D eigenvalue weighted by Gasteiger charge is -2.08. The van der Waals surface area contributed by atoms with Gasteiger partial charge in [0.15, 0.2) is 0 Å². The fourth-order valence-corrected chi connectivity index (χ4v) is 1.86. The predicted molar refractivity (Wildman–Crippen MR) is 60.5 cm³/mol. The van der Waals surface area contributed by atoms with Crippen LogP contribution in [0.15, 0.2) is 0 Å². The Balaban J connectivity index is 2.04. The number of ether oxygens (including phenoxy) is 1. The molecule has 0 saturated heterocycles. The molecule has 3 nitrogen and oxygen atoms in total. The summed E-state index contributed by atoms with van der Waals surface area (Å²) in [6.45, 7) is 9.37. The molecule has 2 atom stereocenters. The van der Waals surface area contributed by atoms with Crippen molar-refractivity contribution >= 4 is 5.91 Å². The summed E-state index contributed by atoms with van der Waals surface area (Å²) >= 11 is 0. The van der Waals surface area contributed by atoms with Crippen LogP contribution in [0.3, 0.4) is 0 Å². The zero-order valence-corrected chi connectivity index (χ0v) is 10.2. The molecule has 0 aromatic carbocycles. The van der Waals surface area contributed by atoms with Gasteiger partial charge in [-0.25, -0.2) is 0 Å². The SMILES string of the molecule is CC(C)OCC(=O)NCC1CC1C(C)C. The van der Waals surface area contributed by atoms with E-state index < -0.39 is 0 Å². The average Bonchev–Trinajstić information content (AvgIpc) is 2.90. The first kappa shape index (κ1) is 12.5. The standard InChI is InChI=1S/C12H23NO2/c1-8(2)11-5-10(11)6-13-12(14)7-15-9(3)4/h8-11H,5-7H2,1-4H3,(H,13,14). The van der Waals surface area contributed by atoms with Gasteiger partial charge in [-0.3, -0.25) is 4.79 Å². The maximum atomic E-state index is 11.3. The smallest absolute Gasteiger partial charge is 0.246 e. The van der Waals surface area contributed by atoms with E-state index in [-0.39, 0.29) is 18.6 Å². The summed E-state index contributed by atoms with van der Waals surface area (Å²) in [5.41, 5.74) is 0. The minimum atomic E-state index is 0.0121. The lowest BCUT2D eigenvalue weighted by molar-refractivity contribution is -0.127. The fraction of sp³-hybridized carbons (Fsp3) is 0.917. The molecule has 0 aromatic rings. The first-order valence-electron chi connectivity index (χ1n) is 5.89. The van der Waals surface area contributed by atoms with E-state index in [0.29, 0.717) is 5.92 Å². The molecule has 1 rings (SSSR count).